The molecule has 2 aromatic carbocycles. The zero-order valence-electron chi connectivity index (χ0n) is 12.0. The normalized spacial score (nSPS) is 10.9. The van der Waals surface area contributed by atoms with Crippen LogP contribution < -0.4 is 0 Å². The van der Waals surface area contributed by atoms with Crippen molar-refractivity contribution in [2.45, 2.75) is 5.16 Å². The van der Waals surface area contributed by atoms with Crippen molar-refractivity contribution in [2.24, 2.45) is 0 Å². The molecule has 0 atom stereocenters. The van der Waals surface area contributed by atoms with E-state index in [1.165, 1.54) is 17.8 Å². The van der Waals surface area contributed by atoms with Crippen LogP contribution in [0.2, 0.25) is 5.02 Å². The number of halogens is 2. The lowest BCUT2D eigenvalue weighted by molar-refractivity contribution is 0.322. The van der Waals surface area contributed by atoms with E-state index in [-0.39, 0.29) is 12.4 Å². The van der Waals surface area contributed by atoms with Crippen molar-refractivity contribution in [1.82, 2.24) is 14.8 Å². The molecule has 0 spiro atoms. The van der Waals surface area contributed by atoms with Crippen LogP contribution in [0.5, 0.6) is 0 Å². The van der Waals surface area contributed by atoms with E-state index in [4.69, 9.17) is 16.7 Å². The third-order valence-corrected chi connectivity index (χ3v) is 4.40. The van der Waals surface area contributed by atoms with Gasteiger partial charge in [0.1, 0.15) is 5.82 Å². The fourth-order valence-corrected chi connectivity index (χ4v) is 3.07. The van der Waals surface area contributed by atoms with Gasteiger partial charge in [-0.3, -0.25) is 4.57 Å². The van der Waals surface area contributed by atoms with E-state index >= 15 is 0 Å². The van der Waals surface area contributed by atoms with E-state index < -0.39 is 0 Å². The Hall–Kier alpha value is -1.89. The highest BCUT2D eigenvalue weighted by Gasteiger charge is 2.19. The quantitative estimate of drug-likeness (QED) is 0.712. The largest absolute Gasteiger partial charge is 0.396 e. The average Bonchev–Trinajstić information content (AvgIpc) is 2.97. The van der Waals surface area contributed by atoms with Crippen molar-refractivity contribution in [3.05, 3.63) is 59.4 Å². The summed E-state index contributed by atoms with van der Waals surface area (Å²) in [5.41, 5.74) is 1.01. The van der Waals surface area contributed by atoms with Crippen LogP contribution in [0.4, 0.5) is 4.39 Å². The molecule has 0 radical (unpaired) electrons. The number of aliphatic hydroxyl groups excluding tert-OH is 1. The van der Waals surface area contributed by atoms with Crippen LogP contribution in [0.3, 0.4) is 0 Å². The average molecular weight is 350 g/mol. The molecule has 0 aliphatic heterocycles. The summed E-state index contributed by atoms with van der Waals surface area (Å²) >= 11 is 7.55. The van der Waals surface area contributed by atoms with E-state index in [9.17, 15) is 4.39 Å². The van der Waals surface area contributed by atoms with Crippen LogP contribution in [0, 0.1) is 5.82 Å². The first-order valence-electron chi connectivity index (χ1n) is 6.91. The summed E-state index contributed by atoms with van der Waals surface area (Å²) in [6.07, 6.45) is 0. The lowest BCUT2D eigenvalue weighted by Gasteiger charge is -2.11. The zero-order valence-corrected chi connectivity index (χ0v) is 13.6. The van der Waals surface area contributed by atoms with E-state index in [0.717, 1.165) is 0 Å². The number of benzene rings is 2. The van der Waals surface area contributed by atoms with Crippen LogP contribution >= 0.6 is 23.4 Å². The third kappa shape index (κ3) is 3.24. The van der Waals surface area contributed by atoms with E-state index in [1.807, 2.05) is 18.2 Å². The van der Waals surface area contributed by atoms with Gasteiger partial charge in [0, 0.05) is 11.3 Å². The number of thioether (sulfide) groups is 1. The van der Waals surface area contributed by atoms with Gasteiger partial charge in [0.15, 0.2) is 11.0 Å². The smallest absolute Gasteiger partial charge is 0.196 e. The molecule has 0 saturated heterocycles. The minimum Gasteiger partial charge on any atom is -0.396 e. The molecular formula is C16H13ClFN3OS. The van der Waals surface area contributed by atoms with Gasteiger partial charge in [-0.1, -0.05) is 47.6 Å². The zero-order chi connectivity index (χ0) is 16.2. The SMILES string of the molecule is OCCSc1nnc(-c2ccccc2Cl)n1-c1ccccc1F. The second kappa shape index (κ2) is 7.12. The second-order valence-electron chi connectivity index (χ2n) is 4.64. The molecule has 23 heavy (non-hydrogen) atoms. The monoisotopic (exact) mass is 349 g/mol. The lowest BCUT2D eigenvalue weighted by Crippen LogP contribution is -2.03. The fraction of sp³-hybridized carbons (Fsp3) is 0.125. The van der Waals surface area contributed by atoms with Gasteiger partial charge < -0.3 is 5.11 Å². The van der Waals surface area contributed by atoms with E-state index in [1.54, 1.807) is 28.8 Å². The molecule has 3 aromatic rings. The van der Waals surface area contributed by atoms with Crippen molar-refractivity contribution in [1.29, 1.82) is 0 Å². The molecule has 0 amide bonds. The molecule has 0 saturated carbocycles. The van der Waals surface area contributed by atoms with Gasteiger partial charge in [-0.05, 0) is 24.3 Å². The van der Waals surface area contributed by atoms with Gasteiger partial charge in [0.05, 0.1) is 17.3 Å². The molecular weight excluding hydrogens is 337 g/mol. The Labute approximate surface area is 141 Å². The van der Waals surface area contributed by atoms with Crippen LogP contribution in [0.25, 0.3) is 17.1 Å². The van der Waals surface area contributed by atoms with Crippen molar-refractivity contribution in [3.63, 3.8) is 0 Å². The highest BCUT2D eigenvalue weighted by molar-refractivity contribution is 7.99. The molecule has 3 rings (SSSR count). The summed E-state index contributed by atoms with van der Waals surface area (Å²) < 4.78 is 15.9. The summed E-state index contributed by atoms with van der Waals surface area (Å²) in [6.45, 7) is -0.00375. The van der Waals surface area contributed by atoms with Crippen LogP contribution in [0.1, 0.15) is 0 Å². The first-order valence-corrected chi connectivity index (χ1v) is 8.27. The van der Waals surface area contributed by atoms with Crippen molar-refractivity contribution < 1.29 is 9.50 Å². The van der Waals surface area contributed by atoms with Gasteiger partial charge >= 0.3 is 0 Å². The Morgan fingerprint density at radius 3 is 2.57 bits per heavy atom. The maximum Gasteiger partial charge on any atom is 0.196 e. The first kappa shape index (κ1) is 16.0. The summed E-state index contributed by atoms with van der Waals surface area (Å²) in [4.78, 5) is 0. The maximum absolute atomic E-state index is 14.3. The van der Waals surface area contributed by atoms with E-state index in [0.29, 0.717) is 33.0 Å². The Morgan fingerprint density at radius 1 is 1.09 bits per heavy atom. The Kier molecular flexibility index (Phi) is 4.95. The molecule has 0 aliphatic carbocycles. The molecule has 1 aromatic heterocycles. The Morgan fingerprint density at radius 2 is 1.83 bits per heavy atom. The highest BCUT2D eigenvalue weighted by Crippen LogP contribution is 2.32. The number of hydrogen-bond donors (Lipinski definition) is 1. The number of nitrogens with zero attached hydrogens (tertiary/aromatic N) is 3. The number of rotatable bonds is 5. The molecule has 7 heteroatoms. The molecule has 0 bridgehead atoms. The highest BCUT2D eigenvalue weighted by atomic mass is 35.5. The van der Waals surface area contributed by atoms with Crippen LogP contribution in [-0.2, 0) is 0 Å². The number of hydrogen-bond acceptors (Lipinski definition) is 4. The van der Waals surface area contributed by atoms with Gasteiger partial charge in [-0.15, -0.1) is 10.2 Å². The topological polar surface area (TPSA) is 50.9 Å². The van der Waals surface area contributed by atoms with Gasteiger partial charge in [-0.2, -0.15) is 0 Å². The van der Waals surface area contributed by atoms with Crippen molar-refractivity contribution in [2.75, 3.05) is 12.4 Å². The molecule has 0 fully saturated rings. The predicted octanol–water partition coefficient (Wildman–Crippen LogP) is 3.81. The minimum atomic E-state index is -0.383. The standard InChI is InChI=1S/C16H13ClFN3OS/c17-12-6-2-1-5-11(12)15-19-20-16(23-10-9-22)21(15)14-8-4-3-7-13(14)18/h1-8,22H,9-10H2. The van der Waals surface area contributed by atoms with Gasteiger partial charge in [-0.25, -0.2) is 4.39 Å². The Balaban J connectivity index is 2.20. The molecule has 4 nitrogen and oxygen atoms in total. The summed E-state index contributed by atoms with van der Waals surface area (Å²) in [6, 6.07) is 13.6. The Bertz CT molecular complexity index is 825. The van der Waals surface area contributed by atoms with Gasteiger partial charge in [0.2, 0.25) is 0 Å². The first-order chi connectivity index (χ1) is 11.2. The second-order valence-corrected chi connectivity index (χ2v) is 6.11. The predicted molar refractivity (Wildman–Crippen MR) is 89.6 cm³/mol. The van der Waals surface area contributed by atoms with Crippen LogP contribution in [0.15, 0.2) is 53.7 Å². The van der Waals surface area contributed by atoms with E-state index in [2.05, 4.69) is 10.2 Å². The van der Waals surface area contributed by atoms with Crippen molar-refractivity contribution in [3.8, 4) is 17.1 Å². The number of aliphatic hydroxyl groups is 1. The van der Waals surface area contributed by atoms with Crippen molar-refractivity contribution >= 4 is 23.4 Å². The maximum atomic E-state index is 14.3. The summed E-state index contributed by atoms with van der Waals surface area (Å²) in [5, 5.41) is 18.4. The minimum absolute atomic E-state index is 0.00375. The number of aromatic nitrogens is 3. The summed E-state index contributed by atoms with van der Waals surface area (Å²) in [5.74, 6) is 0.516. The summed E-state index contributed by atoms with van der Waals surface area (Å²) in [7, 11) is 0. The fourth-order valence-electron chi connectivity index (χ4n) is 2.17. The molecule has 1 heterocycles. The third-order valence-electron chi connectivity index (χ3n) is 3.16. The lowest BCUT2D eigenvalue weighted by atomic mass is 10.2. The molecule has 1 N–H and O–H groups in total. The molecule has 0 aliphatic rings. The molecule has 0 unspecified atom stereocenters. The van der Waals surface area contributed by atoms with Gasteiger partial charge in [0.25, 0.3) is 0 Å². The van der Waals surface area contributed by atoms with Crippen LogP contribution in [-0.4, -0.2) is 32.2 Å². The molecule has 118 valence electrons. The number of para-hydroxylation sites is 1.